The Kier molecular flexibility index (Phi) is 0.755. The number of aryl methyl sites for hydroxylation is 2. The summed E-state index contributed by atoms with van der Waals surface area (Å²) < 4.78 is 30.9. The van der Waals surface area contributed by atoms with E-state index in [9.17, 15) is 0 Å². The Labute approximate surface area is 67.5 Å². The Bertz CT molecular complexity index is 357. The van der Waals surface area contributed by atoms with Crippen LogP contribution in [0.4, 0.5) is 0 Å². The Hall–Kier alpha value is -0.780. The summed E-state index contributed by atoms with van der Waals surface area (Å²) in [7, 11) is 0. The molecular formula is C10H12. The molecule has 10 heavy (non-hydrogen) atoms. The van der Waals surface area contributed by atoms with Gasteiger partial charge in [-0.25, -0.2) is 0 Å². The predicted octanol–water partition coefficient (Wildman–Crippen LogP) is 2.57. The van der Waals surface area contributed by atoms with E-state index in [0.29, 0.717) is 12.0 Å². The summed E-state index contributed by atoms with van der Waals surface area (Å²) in [6, 6.07) is 7.20. The van der Waals surface area contributed by atoms with Gasteiger partial charge in [-0.1, -0.05) is 24.3 Å². The van der Waals surface area contributed by atoms with Gasteiger partial charge < -0.3 is 0 Å². The van der Waals surface area contributed by atoms with Crippen LogP contribution >= 0.6 is 0 Å². The zero-order valence-electron chi connectivity index (χ0n) is 9.72. The summed E-state index contributed by atoms with van der Waals surface area (Å²) >= 11 is 0. The van der Waals surface area contributed by atoms with Crippen LogP contribution in [-0.2, 0) is 12.8 Å². The third-order valence-corrected chi connectivity index (χ3v) is 1.76. The first-order valence-corrected chi connectivity index (χ1v) is 3.53. The van der Waals surface area contributed by atoms with Crippen molar-refractivity contribution in [3.05, 3.63) is 35.4 Å². The molecule has 0 spiro atoms. The Balaban J connectivity index is 2.57. The summed E-state index contributed by atoms with van der Waals surface area (Å²) in [5.41, 5.74) is 1.45. The van der Waals surface area contributed by atoms with Crippen LogP contribution in [0.15, 0.2) is 24.3 Å². The van der Waals surface area contributed by atoms with Crippen molar-refractivity contribution in [2.75, 3.05) is 0 Å². The van der Waals surface area contributed by atoms with Gasteiger partial charge in [0, 0.05) is 5.48 Å². The molecule has 0 saturated carbocycles. The summed E-state index contributed by atoms with van der Waals surface area (Å²) in [6.45, 7) is 0. The molecule has 0 amide bonds. The van der Waals surface area contributed by atoms with E-state index in [4.69, 9.17) is 5.48 Å². The van der Waals surface area contributed by atoms with Crippen LogP contribution < -0.4 is 0 Å². The van der Waals surface area contributed by atoms with Gasteiger partial charge in [-0.15, -0.1) is 0 Å². The fraction of sp³-hybridized carbons (Fsp3) is 0.400. The summed E-state index contributed by atoms with van der Waals surface area (Å²) in [6.07, 6.45) is -2.72. The average Bonchev–Trinajstić information content (AvgIpc) is 2.13. The first-order chi connectivity index (χ1) is 6.45. The highest BCUT2D eigenvalue weighted by atomic mass is 14.1. The molecule has 0 heteroatoms. The number of rotatable bonds is 0. The largest absolute Gasteiger partial charge is 0.0620 e. The van der Waals surface area contributed by atoms with Crippen molar-refractivity contribution >= 4 is 0 Å². The van der Waals surface area contributed by atoms with Gasteiger partial charge in [0.1, 0.15) is 0 Å². The molecule has 0 bridgehead atoms. The minimum Gasteiger partial charge on any atom is -0.0620 e. The molecule has 0 aliphatic heterocycles. The molecule has 1 aromatic rings. The molecule has 1 aliphatic rings. The molecule has 0 radical (unpaired) electrons. The number of hydrogen-bond acceptors (Lipinski definition) is 0. The maximum absolute atomic E-state index is 7.80. The maximum Gasteiger partial charge on any atom is 0.0316 e. The van der Waals surface area contributed by atoms with E-state index in [1.807, 2.05) is 12.1 Å². The molecule has 2 rings (SSSR count). The average molecular weight is 136 g/mol. The molecular weight excluding hydrogens is 120 g/mol. The zero-order valence-corrected chi connectivity index (χ0v) is 5.72. The third-order valence-electron chi connectivity index (χ3n) is 1.76. The maximum atomic E-state index is 7.80. The molecule has 0 saturated heterocycles. The van der Waals surface area contributed by atoms with Crippen LogP contribution in [0, 0.1) is 0 Å². The lowest BCUT2D eigenvalue weighted by atomic mass is 9.92. The van der Waals surface area contributed by atoms with Crippen LogP contribution in [0.1, 0.15) is 29.4 Å². The van der Waals surface area contributed by atoms with Gasteiger partial charge in [0.2, 0.25) is 0 Å². The van der Waals surface area contributed by atoms with Crippen LogP contribution in [0.3, 0.4) is 0 Å². The highest BCUT2D eigenvalue weighted by Crippen LogP contribution is 2.19. The molecule has 1 aliphatic carbocycles. The molecule has 52 valence electrons. The number of benzene rings is 1. The summed E-state index contributed by atoms with van der Waals surface area (Å²) in [5.74, 6) is 0. The highest BCUT2D eigenvalue weighted by molar-refractivity contribution is 5.28. The van der Waals surface area contributed by atoms with Crippen LogP contribution in [0.5, 0.6) is 0 Å². The van der Waals surface area contributed by atoms with Crippen LogP contribution in [-0.4, -0.2) is 0 Å². The van der Waals surface area contributed by atoms with Gasteiger partial charge in [-0.2, -0.15) is 0 Å². The Morgan fingerprint density at radius 3 is 2.90 bits per heavy atom. The molecule has 0 unspecified atom stereocenters. The fourth-order valence-electron chi connectivity index (χ4n) is 1.22. The molecule has 0 heterocycles. The van der Waals surface area contributed by atoms with Gasteiger partial charge in [0.05, 0.1) is 0 Å². The van der Waals surface area contributed by atoms with Crippen molar-refractivity contribution in [2.45, 2.75) is 25.6 Å². The SMILES string of the molecule is [2H]C1([2H])CCc2ccccc2C1([2H])[2H]. The first kappa shape index (κ1) is 3.08. The van der Waals surface area contributed by atoms with Crippen molar-refractivity contribution in [2.24, 2.45) is 0 Å². The zero-order chi connectivity index (χ0) is 10.4. The predicted molar refractivity (Wildman–Crippen MR) is 43.1 cm³/mol. The van der Waals surface area contributed by atoms with E-state index in [1.165, 1.54) is 0 Å². The van der Waals surface area contributed by atoms with E-state index in [2.05, 4.69) is 0 Å². The molecule has 0 atom stereocenters. The van der Waals surface area contributed by atoms with E-state index in [0.717, 1.165) is 5.56 Å². The lowest BCUT2D eigenvalue weighted by Gasteiger charge is -2.13. The second kappa shape index (κ2) is 2.45. The summed E-state index contributed by atoms with van der Waals surface area (Å²) in [5, 5.41) is 0. The Morgan fingerprint density at radius 2 is 2.00 bits per heavy atom. The number of hydrogen-bond donors (Lipinski definition) is 0. The second-order valence-corrected chi connectivity index (χ2v) is 2.46. The molecule has 0 aromatic heterocycles. The third kappa shape index (κ3) is 0.942. The minimum atomic E-state index is -1.86. The van der Waals surface area contributed by atoms with Crippen molar-refractivity contribution in [1.82, 2.24) is 0 Å². The van der Waals surface area contributed by atoms with Crippen LogP contribution in [0.2, 0.25) is 0 Å². The van der Waals surface area contributed by atoms with Gasteiger partial charge in [0.25, 0.3) is 0 Å². The van der Waals surface area contributed by atoms with Crippen LogP contribution in [0.25, 0.3) is 0 Å². The van der Waals surface area contributed by atoms with Gasteiger partial charge in [-0.3, -0.25) is 0 Å². The van der Waals surface area contributed by atoms with Gasteiger partial charge in [-0.05, 0) is 36.7 Å². The normalized spacial score (nSPS) is 32.4. The second-order valence-electron chi connectivity index (χ2n) is 2.46. The topological polar surface area (TPSA) is 0 Å². The lowest BCUT2D eigenvalue weighted by Crippen LogP contribution is -2.00. The quantitative estimate of drug-likeness (QED) is 0.514. The molecule has 0 nitrogen and oxygen atoms in total. The van der Waals surface area contributed by atoms with E-state index < -0.39 is 12.7 Å². The van der Waals surface area contributed by atoms with Crippen molar-refractivity contribution in [1.29, 1.82) is 0 Å². The van der Waals surface area contributed by atoms with Crippen molar-refractivity contribution < 1.29 is 5.48 Å². The van der Waals surface area contributed by atoms with E-state index in [-0.39, 0.29) is 6.42 Å². The Morgan fingerprint density at radius 1 is 1.20 bits per heavy atom. The molecule has 0 fully saturated rings. The minimum absolute atomic E-state index is 0.261. The lowest BCUT2D eigenvalue weighted by molar-refractivity contribution is 0.685. The fourth-order valence-corrected chi connectivity index (χ4v) is 1.22. The van der Waals surface area contributed by atoms with Gasteiger partial charge in [0.15, 0.2) is 0 Å². The van der Waals surface area contributed by atoms with Crippen molar-refractivity contribution in [3.63, 3.8) is 0 Å². The van der Waals surface area contributed by atoms with Crippen molar-refractivity contribution in [3.8, 4) is 0 Å². The summed E-state index contributed by atoms with van der Waals surface area (Å²) in [4.78, 5) is 0. The molecule has 0 N–H and O–H groups in total. The monoisotopic (exact) mass is 136 g/mol. The van der Waals surface area contributed by atoms with E-state index >= 15 is 0 Å². The van der Waals surface area contributed by atoms with Gasteiger partial charge >= 0.3 is 0 Å². The first-order valence-electron chi connectivity index (χ1n) is 5.53. The standard InChI is InChI=1S/C10H12/c1-2-6-10-8-4-3-7-9(10)5-1/h1-2,5-6H,3-4,7-8H2/i3D2,7D2. The number of fused-ring (bicyclic) bond motifs is 1. The smallest absolute Gasteiger partial charge is 0.0316 e. The highest BCUT2D eigenvalue weighted by Gasteiger charge is 2.05. The van der Waals surface area contributed by atoms with E-state index in [1.54, 1.807) is 12.1 Å². The molecule has 1 aromatic carbocycles.